The molecular formula is C9H19NO3. The predicted octanol–water partition coefficient (Wildman–Crippen LogP) is -0.251. The van der Waals surface area contributed by atoms with E-state index in [0.29, 0.717) is 12.5 Å². The van der Waals surface area contributed by atoms with E-state index in [9.17, 15) is 0 Å². The summed E-state index contributed by atoms with van der Waals surface area (Å²) in [6.45, 7) is 2.89. The Bertz CT molecular complexity index is 126. The number of hydrogen-bond acceptors (Lipinski definition) is 4. The van der Waals surface area contributed by atoms with Gasteiger partial charge in [-0.15, -0.1) is 0 Å². The molecule has 1 heterocycles. The van der Waals surface area contributed by atoms with Crippen molar-refractivity contribution in [1.29, 1.82) is 0 Å². The lowest BCUT2D eigenvalue weighted by Crippen LogP contribution is -2.31. The van der Waals surface area contributed by atoms with Crippen molar-refractivity contribution >= 4 is 0 Å². The Labute approximate surface area is 79.0 Å². The van der Waals surface area contributed by atoms with Gasteiger partial charge in [0, 0.05) is 19.8 Å². The summed E-state index contributed by atoms with van der Waals surface area (Å²) in [5.41, 5.74) is 5.49. The van der Waals surface area contributed by atoms with Crippen LogP contribution in [0.25, 0.3) is 0 Å². The summed E-state index contributed by atoms with van der Waals surface area (Å²) in [5, 5.41) is 8.65. The fourth-order valence-electron chi connectivity index (χ4n) is 1.35. The maximum atomic E-state index is 8.65. The molecule has 1 rings (SSSR count). The topological polar surface area (TPSA) is 64.7 Å². The van der Waals surface area contributed by atoms with Crippen molar-refractivity contribution in [2.45, 2.75) is 18.9 Å². The Morgan fingerprint density at radius 3 is 2.77 bits per heavy atom. The molecule has 0 bridgehead atoms. The SMILES string of the molecule is NC(CO)COCC1CCOCC1. The summed E-state index contributed by atoms with van der Waals surface area (Å²) in [5.74, 6) is 0.611. The van der Waals surface area contributed by atoms with E-state index in [1.165, 1.54) is 0 Å². The van der Waals surface area contributed by atoms with E-state index in [2.05, 4.69) is 0 Å². The monoisotopic (exact) mass is 189 g/mol. The first-order valence-corrected chi connectivity index (χ1v) is 4.85. The van der Waals surface area contributed by atoms with Gasteiger partial charge < -0.3 is 20.3 Å². The zero-order valence-electron chi connectivity index (χ0n) is 7.95. The van der Waals surface area contributed by atoms with E-state index in [4.69, 9.17) is 20.3 Å². The second-order valence-corrected chi connectivity index (χ2v) is 3.54. The highest BCUT2D eigenvalue weighted by Gasteiger charge is 2.13. The van der Waals surface area contributed by atoms with Crippen molar-refractivity contribution in [3.8, 4) is 0 Å². The molecular weight excluding hydrogens is 170 g/mol. The van der Waals surface area contributed by atoms with E-state index in [-0.39, 0.29) is 12.6 Å². The lowest BCUT2D eigenvalue weighted by atomic mass is 10.0. The van der Waals surface area contributed by atoms with Crippen LogP contribution in [0.3, 0.4) is 0 Å². The van der Waals surface area contributed by atoms with Gasteiger partial charge in [0.05, 0.1) is 19.3 Å². The molecule has 1 aliphatic rings. The van der Waals surface area contributed by atoms with Gasteiger partial charge in [0.1, 0.15) is 0 Å². The van der Waals surface area contributed by atoms with Gasteiger partial charge in [-0.05, 0) is 18.8 Å². The molecule has 0 spiro atoms. The molecule has 0 aromatic carbocycles. The van der Waals surface area contributed by atoms with Crippen molar-refractivity contribution in [1.82, 2.24) is 0 Å². The van der Waals surface area contributed by atoms with Gasteiger partial charge in [-0.2, -0.15) is 0 Å². The summed E-state index contributed by atoms with van der Waals surface area (Å²) < 4.78 is 10.6. The lowest BCUT2D eigenvalue weighted by molar-refractivity contribution is 0.0141. The van der Waals surface area contributed by atoms with Crippen LogP contribution in [0.2, 0.25) is 0 Å². The van der Waals surface area contributed by atoms with Gasteiger partial charge in [-0.25, -0.2) is 0 Å². The number of hydrogen-bond donors (Lipinski definition) is 2. The van der Waals surface area contributed by atoms with Crippen LogP contribution in [0.15, 0.2) is 0 Å². The van der Waals surface area contributed by atoms with E-state index in [1.54, 1.807) is 0 Å². The van der Waals surface area contributed by atoms with Gasteiger partial charge in [0.25, 0.3) is 0 Å². The molecule has 13 heavy (non-hydrogen) atoms. The average Bonchev–Trinajstić information content (AvgIpc) is 2.19. The van der Waals surface area contributed by atoms with Crippen LogP contribution >= 0.6 is 0 Å². The number of aliphatic hydroxyl groups is 1. The first-order valence-electron chi connectivity index (χ1n) is 4.85. The Kier molecular flexibility index (Phi) is 5.31. The molecule has 0 aromatic rings. The largest absolute Gasteiger partial charge is 0.395 e. The van der Waals surface area contributed by atoms with Gasteiger partial charge in [-0.3, -0.25) is 0 Å². The zero-order valence-corrected chi connectivity index (χ0v) is 7.95. The molecule has 3 N–H and O–H groups in total. The van der Waals surface area contributed by atoms with Crippen molar-refractivity contribution in [2.75, 3.05) is 33.0 Å². The van der Waals surface area contributed by atoms with E-state index in [0.717, 1.165) is 32.7 Å². The summed E-state index contributed by atoms with van der Waals surface area (Å²) in [7, 11) is 0. The number of ether oxygens (including phenoxy) is 2. The zero-order chi connectivity index (χ0) is 9.52. The number of aliphatic hydroxyl groups excluding tert-OH is 1. The third-order valence-electron chi connectivity index (χ3n) is 2.26. The molecule has 1 fully saturated rings. The first-order chi connectivity index (χ1) is 6.33. The maximum Gasteiger partial charge on any atom is 0.0640 e. The van der Waals surface area contributed by atoms with Crippen molar-refractivity contribution in [3.05, 3.63) is 0 Å². The molecule has 4 heteroatoms. The first kappa shape index (κ1) is 10.9. The van der Waals surface area contributed by atoms with Crippen LogP contribution in [-0.2, 0) is 9.47 Å². The highest BCUT2D eigenvalue weighted by Crippen LogP contribution is 2.14. The fraction of sp³-hybridized carbons (Fsp3) is 1.00. The molecule has 0 radical (unpaired) electrons. The second-order valence-electron chi connectivity index (χ2n) is 3.54. The van der Waals surface area contributed by atoms with Crippen LogP contribution in [0.4, 0.5) is 0 Å². The third-order valence-corrected chi connectivity index (χ3v) is 2.26. The molecule has 0 amide bonds. The Morgan fingerprint density at radius 2 is 2.15 bits per heavy atom. The van der Waals surface area contributed by atoms with Gasteiger partial charge in [0.15, 0.2) is 0 Å². The smallest absolute Gasteiger partial charge is 0.0640 e. The van der Waals surface area contributed by atoms with Gasteiger partial charge in [-0.1, -0.05) is 0 Å². The summed E-state index contributed by atoms with van der Waals surface area (Å²) in [6, 6.07) is -0.236. The molecule has 78 valence electrons. The Balaban J connectivity index is 1.98. The standard InChI is InChI=1S/C9H19NO3/c10-9(5-11)7-13-6-8-1-3-12-4-2-8/h8-9,11H,1-7,10H2. The molecule has 1 saturated heterocycles. The summed E-state index contributed by atoms with van der Waals surface area (Å²) in [6.07, 6.45) is 2.16. The molecule has 1 unspecified atom stereocenters. The van der Waals surface area contributed by atoms with Crippen molar-refractivity contribution < 1.29 is 14.6 Å². The normalized spacial score (nSPS) is 21.7. The van der Waals surface area contributed by atoms with Gasteiger partial charge in [0.2, 0.25) is 0 Å². The quantitative estimate of drug-likeness (QED) is 0.626. The van der Waals surface area contributed by atoms with E-state index >= 15 is 0 Å². The molecule has 1 atom stereocenters. The van der Waals surface area contributed by atoms with Crippen molar-refractivity contribution in [2.24, 2.45) is 11.7 Å². The Morgan fingerprint density at radius 1 is 1.46 bits per heavy atom. The van der Waals surface area contributed by atoms with Crippen LogP contribution < -0.4 is 5.73 Å². The van der Waals surface area contributed by atoms with Crippen LogP contribution in [-0.4, -0.2) is 44.2 Å². The van der Waals surface area contributed by atoms with Crippen LogP contribution in [0.5, 0.6) is 0 Å². The lowest BCUT2D eigenvalue weighted by Gasteiger charge is -2.22. The van der Waals surface area contributed by atoms with E-state index in [1.807, 2.05) is 0 Å². The number of rotatable bonds is 5. The number of nitrogens with two attached hydrogens (primary N) is 1. The maximum absolute atomic E-state index is 8.65. The summed E-state index contributed by atoms with van der Waals surface area (Å²) >= 11 is 0. The molecule has 0 aromatic heterocycles. The summed E-state index contributed by atoms with van der Waals surface area (Å²) in [4.78, 5) is 0. The predicted molar refractivity (Wildman–Crippen MR) is 49.4 cm³/mol. The minimum atomic E-state index is -0.236. The van der Waals surface area contributed by atoms with Crippen molar-refractivity contribution in [3.63, 3.8) is 0 Å². The van der Waals surface area contributed by atoms with Gasteiger partial charge >= 0.3 is 0 Å². The fourth-order valence-corrected chi connectivity index (χ4v) is 1.35. The van der Waals surface area contributed by atoms with Crippen LogP contribution in [0.1, 0.15) is 12.8 Å². The molecule has 4 nitrogen and oxygen atoms in total. The minimum absolute atomic E-state index is 0.00617. The molecule has 0 saturated carbocycles. The molecule has 1 aliphatic heterocycles. The van der Waals surface area contributed by atoms with E-state index < -0.39 is 0 Å². The second kappa shape index (κ2) is 6.32. The highest BCUT2D eigenvalue weighted by molar-refractivity contribution is 4.63. The van der Waals surface area contributed by atoms with Crippen LogP contribution in [0, 0.1) is 5.92 Å². The third kappa shape index (κ3) is 4.57. The Hall–Kier alpha value is -0.160. The molecule has 0 aliphatic carbocycles. The minimum Gasteiger partial charge on any atom is -0.395 e. The highest BCUT2D eigenvalue weighted by atomic mass is 16.5. The average molecular weight is 189 g/mol.